The molecular weight excluding hydrogens is 503 g/mol. The van der Waals surface area contributed by atoms with E-state index in [2.05, 4.69) is 16.1 Å². The van der Waals surface area contributed by atoms with Crippen molar-refractivity contribution in [2.45, 2.75) is 12.8 Å². The van der Waals surface area contributed by atoms with Gasteiger partial charge in [0.2, 0.25) is 11.8 Å². The highest BCUT2D eigenvalue weighted by molar-refractivity contribution is 6.16. The summed E-state index contributed by atoms with van der Waals surface area (Å²) >= 11 is 0. The van der Waals surface area contributed by atoms with Gasteiger partial charge in [-0.1, -0.05) is 0 Å². The van der Waals surface area contributed by atoms with Gasteiger partial charge in [-0.2, -0.15) is 0 Å². The molecule has 3 aromatic carbocycles. The summed E-state index contributed by atoms with van der Waals surface area (Å²) in [6.07, 6.45) is 2.84. The van der Waals surface area contributed by atoms with Crippen molar-refractivity contribution in [1.29, 1.82) is 0 Å². The van der Waals surface area contributed by atoms with Crippen LogP contribution in [0.25, 0.3) is 5.76 Å². The molecule has 1 fully saturated rings. The molecular formula is C29H29FN4O5. The molecule has 10 heteroatoms. The predicted molar refractivity (Wildman–Crippen MR) is 146 cm³/mol. The van der Waals surface area contributed by atoms with Crippen molar-refractivity contribution < 1.29 is 28.2 Å². The van der Waals surface area contributed by atoms with E-state index in [1.165, 1.54) is 24.3 Å². The summed E-state index contributed by atoms with van der Waals surface area (Å²) in [4.78, 5) is 25.8. The van der Waals surface area contributed by atoms with Gasteiger partial charge >= 0.3 is 0 Å². The molecule has 39 heavy (non-hydrogen) atoms. The average Bonchev–Trinajstić information content (AvgIpc) is 3.77. The van der Waals surface area contributed by atoms with E-state index in [0.717, 1.165) is 11.3 Å². The molecule has 1 saturated carbocycles. The maximum Gasteiger partial charge on any atom is 0.240 e. The van der Waals surface area contributed by atoms with Crippen LogP contribution in [0, 0.1) is 11.2 Å². The fourth-order valence-corrected chi connectivity index (χ4v) is 4.43. The van der Waals surface area contributed by atoms with Crippen molar-refractivity contribution in [2.75, 3.05) is 43.5 Å². The number of carbonyl (C=O) groups is 2. The molecule has 2 amide bonds. The molecule has 0 bridgehead atoms. The molecule has 0 atom stereocenters. The quantitative estimate of drug-likeness (QED) is 0.347. The van der Waals surface area contributed by atoms with E-state index in [0.29, 0.717) is 53.8 Å². The minimum absolute atomic E-state index is 0.382. The lowest BCUT2D eigenvalue weighted by molar-refractivity contribution is -0.131. The fraction of sp³-hybridized carbons (Fsp3) is 0.241. The second kappa shape index (κ2) is 10.7. The highest BCUT2D eigenvalue weighted by Gasteiger charge is 2.56. The number of fused-ring (bicyclic) bond motifs is 1. The Labute approximate surface area is 225 Å². The van der Waals surface area contributed by atoms with Crippen LogP contribution in [0.4, 0.5) is 21.5 Å². The largest absolute Gasteiger partial charge is 0.493 e. The van der Waals surface area contributed by atoms with E-state index >= 15 is 0 Å². The van der Waals surface area contributed by atoms with Crippen LogP contribution in [0.1, 0.15) is 18.4 Å². The first-order valence-corrected chi connectivity index (χ1v) is 12.4. The van der Waals surface area contributed by atoms with Crippen molar-refractivity contribution in [3.8, 4) is 17.2 Å². The van der Waals surface area contributed by atoms with Crippen LogP contribution < -0.4 is 35.3 Å². The molecule has 0 radical (unpaired) electrons. The lowest BCUT2D eigenvalue weighted by atomic mass is 10.0. The molecule has 1 aliphatic heterocycles. The lowest BCUT2D eigenvalue weighted by Gasteiger charge is -2.30. The maximum atomic E-state index is 13.2. The molecule has 2 aliphatic rings. The van der Waals surface area contributed by atoms with Crippen LogP contribution in [0.15, 0.2) is 66.7 Å². The number of nitrogens with one attached hydrogen (secondary N) is 3. The van der Waals surface area contributed by atoms with E-state index in [-0.39, 0.29) is 5.91 Å². The molecule has 3 N–H and O–H groups in total. The highest BCUT2D eigenvalue weighted by Crippen LogP contribution is 2.47. The standard InChI is InChI=1S/C29H29FN4O5/c1-31-34-15-12-24(22-16-25(37-2)26(38-3)17-23(22)34)39-21-10-8-20(9-11-21)33-28(36)29(13-14-29)27(35)32-19-6-4-18(30)5-7-19/h4-12,16-17,31H,13-15H2,1-3H3,(H,32,35)(H,33,36). The zero-order valence-electron chi connectivity index (χ0n) is 21.8. The Balaban J connectivity index is 1.26. The molecule has 1 aliphatic carbocycles. The summed E-state index contributed by atoms with van der Waals surface area (Å²) in [6, 6.07) is 16.1. The number of hydrogen-bond donors (Lipinski definition) is 3. The number of rotatable bonds is 9. The van der Waals surface area contributed by atoms with Gasteiger partial charge in [0.15, 0.2) is 11.5 Å². The molecule has 0 saturated heterocycles. The monoisotopic (exact) mass is 532 g/mol. The SMILES string of the molecule is CNN1CC=C(Oc2ccc(NC(=O)C3(C(=O)Nc4ccc(F)cc4)CC3)cc2)c2cc(OC)c(OC)cc21. The summed E-state index contributed by atoms with van der Waals surface area (Å²) < 4.78 is 30.3. The van der Waals surface area contributed by atoms with Gasteiger partial charge in [-0.3, -0.25) is 9.59 Å². The first-order valence-electron chi connectivity index (χ1n) is 12.4. The molecule has 3 aromatic rings. The molecule has 0 aromatic heterocycles. The summed E-state index contributed by atoms with van der Waals surface area (Å²) in [5.41, 5.74) is 4.70. The summed E-state index contributed by atoms with van der Waals surface area (Å²) in [7, 11) is 5.01. The van der Waals surface area contributed by atoms with Gasteiger partial charge in [0.05, 0.1) is 26.5 Å². The van der Waals surface area contributed by atoms with Gasteiger partial charge in [0.25, 0.3) is 0 Å². The van der Waals surface area contributed by atoms with E-state index in [1.54, 1.807) is 38.5 Å². The van der Waals surface area contributed by atoms with Crippen molar-refractivity contribution >= 4 is 34.6 Å². The Kier molecular flexibility index (Phi) is 7.12. The summed E-state index contributed by atoms with van der Waals surface area (Å²) in [5.74, 6) is 1.24. The van der Waals surface area contributed by atoms with Crippen LogP contribution in [-0.2, 0) is 9.59 Å². The lowest BCUT2D eigenvalue weighted by Crippen LogP contribution is -2.37. The number of hydrazine groups is 1. The Hall–Kier alpha value is -4.57. The summed E-state index contributed by atoms with van der Waals surface area (Å²) in [6.45, 7) is 0.574. The van der Waals surface area contributed by atoms with E-state index in [1.807, 2.05) is 30.3 Å². The number of methoxy groups -OCH3 is 2. The molecule has 5 rings (SSSR count). The Bertz CT molecular complexity index is 1420. The zero-order chi connectivity index (χ0) is 27.6. The number of halogens is 1. The van der Waals surface area contributed by atoms with Crippen molar-refractivity contribution in [3.63, 3.8) is 0 Å². The van der Waals surface area contributed by atoms with Gasteiger partial charge in [0.1, 0.15) is 22.7 Å². The minimum Gasteiger partial charge on any atom is -0.493 e. The second-order valence-corrected chi connectivity index (χ2v) is 9.25. The molecule has 1 heterocycles. The number of benzene rings is 3. The molecule has 202 valence electrons. The third-order valence-electron chi connectivity index (χ3n) is 6.85. The topological polar surface area (TPSA) is 101 Å². The first-order chi connectivity index (χ1) is 18.9. The Morgan fingerprint density at radius 3 is 1.97 bits per heavy atom. The Morgan fingerprint density at radius 1 is 0.872 bits per heavy atom. The van der Waals surface area contributed by atoms with Gasteiger partial charge in [-0.15, -0.1) is 0 Å². The van der Waals surface area contributed by atoms with Crippen molar-refractivity contribution in [2.24, 2.45) is 5.41 Å². The van der Waals surface area contributed by atoms with E-state index < -0.39 is 17.1 Å². The number of amides is 2. The number of nitrogens with zero attached hydrogens (tertiary/aromatic N) is 1. The minimum atomic E-state index is -1.14. The third kappa shape index (κ3) is 5.23. The second-order valence-electron chi connectivity index (χ2n) is 9.25. The predicted octanol–water partition coefficient (Wildman–Crippen LogP) is 4.57. The Morgan fingerprint density at radius 2 is 1.44 bits per heavy atom. The first kappa shape index (κ1) is 26.1. The number of hydrogen-bond acceptors (Lipinski definition) is 7. The number of carbonyl (C=O) groups excluding carboxylic acids is 2. The normalized spacial score (nSPS) is 15.0. The van der Waals surface area contributed by atoms with Crippen LogP contribution in [0.3, 0.4) is 0 Å². The van der Waals surface area contributed by atoms with Crippen LogP contribution in [-0.4, -0.2) is 39.6 Å². The van der Waals surface area contributed by atoms with Crippen LogP contribution >= 0.6 is 0 Å². The van der Waals surface area contributed by atoms with Crippen molar-refractivity contribution in [3.05, 3.63) is 78.1 Å². The van der Waals surface area contributed by atoms with E-state index in [9.17, 15) is 14.0 Å². The van der Waals surface area contributed by atoms with Crippen molar-refractivity contribution in [1.82, 2.24) is 5.43 Å². The van der Waals surface area contributed by atoms with Gasteiger partial charge < -0.3 is 29.9 Å². The number of ether oxygens (including phenoxy) is 3. The molecule has 0 unspecified atom stereocenters. The zero-order valence-corrected chi connectivity index (χ0v) is 21.8. The average molecular weight is 533 g/mol. The van der Waals surface area contributed by atoms with Gasteiger partial charge in [0, 0.05) is 30.1 Å². The fourth-order valence-electron chi connectivity index (χ4n) is 4.43. The van der Waals surface area contributed by atoms with Crippen LogP contribution in [0.5, 0.6) is 17.2 Å². The highest BCUT2D eigenvalue weighted by atomic mass is 19.1. The maximum absolute atomic E-state index is 13.2. The van der Waals surface area contributed by atoms with Gasteiger partial charge in [-0.05, 0) is 73.5 Å². The smallest absolute Gasteiger partial charge is 0.240 e. The van der Waals surface area contributed by atoms with Crippen LogP contribution in [0.2, 0.25) is 0 Å². The molecule has 0 spiro atoms. The van der Waals surface area contributed by atoms with E-state index in [4.69, 9.17) is 14.2 Å². The third-order valence-corrected chi connectivity index (χ3v) is 6.85. The summed E-state index contributed by atoms with van der Waals surface area (Å²) in [5, 5.41) is 7.50. The number of anilines is 3. The van der Waals surface area contributed by atoms with Gasteiger partial charge in [-0.25, -0.2) is 9.82 Å². The molecule has 9 nitrogen and oxygen atoms in total.